The van der Waals surface area contributed by atoms with E-state index >= 15 is 0 Å². The van der Waals surface area contributed by atoms with Gasteiger partial charge in [-0.15, -0.1) is 0 Å². The summed E-state index contributed by atoms with van der Waals surface area (Å²) >= 11 is 0. The summed E-state index contributed by atoms with van der Waals surface area (Å²) in [5.41, 5.74) is 3.47. The highest BCUT2D eigenvalue weighted by Crippen LogP contribution is 2.23. The Labute approximate surface area is 144 Å². The minimum absolute atomic E-state index is 0.180. The summed E-state index contributed by atoms with van der Waals surface area (Å²) in [5.74, 6) is -0.657. The molecule has 0 saturated carbocycles. The molecule has 1 unspecified atom stereocenters. The van der Waals surface area contributed by atoms with Crippen LogP contribution >= 0.6 is 0 Å². The van der Waals surface area contributed by atoms with E-state index in [4.69, 9.17) is 0 Å². The first-order valence-electron chi connectivity index (χ1n) is 8.19. The van der Waals surface area contributed by atoms with Crippen LogP contribution in [0, 0.1) is 5.82 Å². The molecule has 2 heterocycles. The van der Waals surface area contributed by atoms with Crippen LogP contribution in [-0.2, 0) is 6.54 Å². The van der Waals surface area contributed by atoms with Crippen molar-refractivity contribution in [1.82, 2.24) is 20.6 Å². The average Bonchev–Trinajstić information content (AvgIpc) is 2.65. The third kappa shape index (κ3) is 3.08. The largest absolute Gasteiger partial charge is 0.351 e. The molecule has 2 aromatic carbocycles. The molecule has 126 valence electrons. The van der Waals surface area contributed by atoms with Crippen molar-refractivity contribution in [2.75, 3.05) is 13.1 Å². The molecule has 1 aliphatic rings. The van der Waals surface area contributed by atoms with E-state index in [0.29, 0.717) is 17.6 Å². The Bertz CT molecular complexity index is 944. The Balaban J connectivity index is 1.56. The highest BCUT2D eigenvalue weighted by Gasteiger charge is 2.21. The highest BCUT2D eigenvalue weighted by molar-refractivity contribution is 6.04. The number of halogens is 1. The van der Waals surface area contributed by atoms with E-state index in [1.54, 1.807) is 0 Å². The van der Waals surface area contributed by atoms with Gasteiger partial charge in [0.2, 0.25) is 0 Å². The van der Waals surface area contributed by atoms with Crippen LogP contribution in [0.5, 0.6) is 0 Å². The standard InChI is InChI=1S/C19H17FN4O/c20-14-7-16(18-17(8-14)22-5-6-23-18)19(25)24-11-13-10-21-9-12-3-1-2-4-15(12)13/h1-8,13,21H,9-11H2,(H,24,25). The lowest BCUT2D eigenvalue weighted by Crippen LogP contribution is -2.36. The smallest absolute Gasteiger partial charge is 0.253 e. The molecule has 0 fully saturated rings. The lowest BCUT2D eigenvalue weighted by atomic mass is 9.91. The van der Waals surface area contributed by atoms with Gasteiger partial charge in [-0.25, -0.2) is 4.39 Å². The average molecular weight is 336 g/mol. The fourth-order valence-corrected chi connectivity index (χ4v) is 3.29. The Morgan fingerprint density at radius 1 is 1.24 bits per heavy atom. The van der Waals surface area contributed by atoms with Crippen LogP contribution in [0.4, 0.5) is 4.39 Å². The van der Waals surface area contributed by atoms with Gasteiger partial charge < -0.3 is 10.6 Å². The number of carbonyl (C=O) groups excluding carboxylic acids is 1. The van der Waals surface area contributed by atoms with Crippen molar-refractivity contribution in [3.8, 4) is 0 Å². The SMILES string of the molecule is O=C(NCC1CNCc2ccccc21)c1cc(F)cc2nccnc12. The first-order valence-corrected chi connectivity index (χ1v) is 8.19. The number of nitrogens with one attached hydrogen (secondary N) is 2. The molecule has 1 aromatic heterocycles. The molecule has 25 heavy (non-hydrogen) atoms. The predicted octanol–water partition coefficient (Wildman–Crippen LogP) is 2.39. The van der Waals surface area contributed by atoms with E-state index in [1.807, 2.05) is 12.1 Å². The first-order chi connectivity index (χ1) is 12.2. The van der Waals surface area contributed by atoms with Gasteiger partial charge in [0.05, 0.1) is 11.1 Å². The summed E-state index contributed by atoms with van der Waals surface area (Å²) in [5, 5.41) is 6.28. The Hall–Kier alpha value is -2.86. The zero-order chi connectivity index (χ0) is 17.2. The van der Waals surface area contributed by atoms with Gasteiger partial charge in [0.1, 0.15) is 11.3 Å². The highest BCUT2D eigenvalue weighted by atomic mass is 19.1. The number of rotatable bonds is 3. The summed E-state index contributed by atoms with van der Waals surface area (Å²) in [6.07, 6.45) is 2.98. The van der Waals surface area contributed by atoms with Gasteiger partial charge in [-0.1, -0.05) is 24.3 Å². The topological polar surface area (TPSA) is 66.9 Å². The summed E-state index contributed by atoms with van der Waals surface area (Å²) in [6.45, 7) is 2.10. The zero-order valence-electron chi connectivity index (χ0n) is 13.5. The molecule has 2 N–H and O–H groups in total. The number of fused-ring (bicyclic) bond motifs is 2. The van der Waals surface area contributed by atoms with Gasteiger partial charge in [-0.3, -0.25) is 14.8 Å². The molecule has 3 aromatic rings. The quantitative estimate of drug-likeness (QED) is 0.771. The molecular weight excluding hydrogens is 319 g/mol. The molecule has 6 heteroatoms. The molecular formula is C19H17FN4O. The van der Waals surface area contributed by atoms with Gasteiger partial charge in [-0.2, -0.15) is 0 Å². The summed E-state index contributed by atoms with van der Waals surface area (Å²) in [4.78, 5) is 20.8. The molecule has 0 aliphatic carbocycles. The minimum Gasteiger partial charge on any atom is -0.351 e. The number of benzene rings is 2. The van der Waals surface area contributed by atoms with Gasteiger partial charge in [0, 0.05) is 44.0 Å². The number of aromatic nitrogens is 2. The number of nitrogens with zero attached hydrogens (tertiary/aromatic N) is 2. The molecule has 4 rings (SSSR count). The number of amides is 1. The fourth-order valence-electron chi connectivity index (χ4n) is 3.29. The van der Waals surface area contributed by atoms with E-state index in [1.165, 1.54) is 35.7 Å². The lowest BCUT2D eigenvalue weighted by molar-refractivity contribution is 0.0951. The van der Waals surface area contributed by atoms with Crippen LogP contribution in [0.1, 0.15) is 27.4 Å². The third-order valence-corrected chi connectivity index (χ3v) is 4.49. The van der Waals surface area contributed by atoms with Crippen molar-refractivity contribution in [2.45, 2.75) is 12.5 Å². The molecule has 0 saturated heterocycles. The third-order valence-electron chi connectivity index (χ3n) is 4.49. The maximum atomic E-state index is 13.8. The van der Waals surface area contributed by atoms with Gasteiger partial charge in [0.15, 0.2) is 0 Å². The normalized spacial score (nSPS) is 16.4. The van der Waals surface area contributed by atoms with Crippen LogP contribution in [0.3, 0.4) is 0 Å². The molecule has 0 spiro atoms. The Kier molecular flexibility index (Phi) is 4.11. The maximum absolute atomic E-state index is 13.8. The molecule has 5 nitrogen and oxygen atoms in total. The Morgan fingerprint density at radius 2 is 2.08 bits per heavy atom. The maximum Gasteiger partial charge on any atom is 0.253 e. The van der Waals surface area contributed by atoms with Crippen LogP contribution in [0.25, 0.3) is 11.0 Å². The van der Waals surface area contributed by atoms with E-state index in [9.17, 15) is 9.18 Å². The predicted molar refractivity (Wildman–Crippen MR) is 92.7 cm³/mol. The summed E-state index contributed by atoms with van der Waals surface area (Å²) in [7, 11) is 0. The van der Waals surface area contributed by atoms with Crippen LogP contribution in [-0.4, -0.2) is 29.0 Å². The number of hydrogen-bond donors (Lipinski definition) is 2. The minimum atomic E-state index is -0.497. The van der Waals surface area contributed by atoms with E-state index in [2.05, 4.69) is 32.7 Å². The van der Waals surface area contributed by atoms with Crippen LogP contribution in [0.15, 0.2) is 48.8 Å². The number of hydrogen-bond acceptors (Lipinski definition) is 4. The van der Waals surface area contributed by atoms with Crippen LogP contribution in [0.2, 0.25) is 0 Å². The zero-order valence-corrected chi connectivity index (χ0v) is 13.5. The second-order valence-corrected chi connectivity index (χ2v) is 6.11. The molecule has 0 bridgehead atoms. The summed E-state index contributed by atoms with van der Waals surface area (Å²) < 4.78 is 13.8. The first kappa shape index (κ1) is 15.7. The van der Waals surface area contributed by atoms with Gasteiger partial charge in [0.25, 0.3) is 5.91 Å². The van der Waals surface area contributed by atoms with Crippen molar-refractivity contribution < 1.29 is 9.18 Å². The molecule has 1 amide bonds. The van der Waals surface area contributed by atoms with Crippen molar-refractivity contribution >= 4 is 16.9 Å². The van der Waals surface area contributed by atoms with Gasteiger partial charge >= 0.3 is 0 Å². The summed E-state index contributed by atoms with van der Waals surface area (Å²) in [6, 6.07) is 10.7. The van der Waals surface area contributed by atoms with E-state index in [0.717, 1.165) is 13.1 Å². The van der Waals surface area contributed by atoms with Crippen molar-refractivity contribution in [3.63, 3.8) is 0 Å². The van der Waals surface area contributed by atoms with Gasteiger partial charge in [-0.05, 0) is 17.2 Å². The van der Waals surface area contributed by atoms with E-state index < -0.39 is 5.82 Å². The van der Waals surface area contributed by atoms with Crippen LogP contribution < -0.4 is 10.6 Å². The van der Waals surface area contributed by atoms with E-state index in [-0.39, 0.29) is 17.4 Å². The van der Waals surface area contributed by atoms with Crippen molar-refractivity contribution in [2.24, 2.45) is 0 Å². The number of carbonyl (C=O) groups is 1. The molecule has 1 atom stereocenters. The van der Waals surface area contributed by atoms with Crippen molar-refractivity contribution in [3.05, 3.63) is 71.3 Å². The Morgan fingerprint density at radius 3 is 3.00 bits per heavy atom. The second-order valence-electron chi connectivity index (χ2n) is 6.11. The lowest BCUT2D eigenvalue weighted by Gasteiger charge is -2.26. The van der Waals surface area contributed by atoms with Crippen molar-refractivity contribution in [1.29, 1.82) is 0 Å². The molecule has 0 radical (unpaired) electrons. The fraction of sp³-hybridized carbons (Fsp3) is 0.211. The molecule has 1 aliphatic heterocycles. The monoisotopic (exact) mass is 336 g/mol. The second kappa shape index (κ2) is 6.57.